The normalized spacial score (nSPS) is 27.6. The molecule has 0 aromatic carbocycles. The Labute approximate surface area is 74.0 Å². The highest BCUT2D eigenvalue weighted by atomic mass is 79.9. The molecule has 0 bridgehead atoms. The van der Waals surface area contributed by atoms with Crippen LogP contribution in [-0.2, 0) is 10.4 Å². The van der Waals surface area contributed by atoms with E-state index < -0.39 is 10.4 Å². The van der Waals surface area contributed by atoms with Crippen LogP contribution in [0.1, 0.15) is 12.8 Å². The molecule has 1 atom stereocenters. The molecular weight excluding hydrogens is 237 g/mol. The van der Waals surface area contributed by atoms with Crippen LogP contribution in [0, 0.1) is 0 Å². The van der Waals surface area contributed by atoms with E-state index in [0.29, 0.717) is 11.9 Å². The summed E-state index contributed by atoms with van der Waals surface area (Å²) >= 11 is 3.14. The van der Waals surface area contributed by atoms with E-state index in [1.807, 2.05) is 0 Å². The molecule has 0 spiro atoms. The van der Waals surface area contributed by atoms with Crippen LogP contribution >= 0.6 is 15.9 Å². The SMILES string of the molecule is O=S(=O)(F)N1CCC[C@H]1CBr. The van der Waals surface area contributed by atoms with Gasteiger partial charge in [0.2, 0.25) is 0 Å². The van der Waals surface area contributed by atoms with Crippen molar-refractivity contribution in [2.24, 2.45) is 0 Å². The zero-order chi connectivity index (χ0) is 8.48. The smallest absolute Gasteiger partial charge is 0.177 e. The lowest BCUT2D eigenvalue weighted by atomic mass is 10.3. The van der Waals surface area contributed by atoms with E-state index in [2.05, 4.69) is 15.9 Å². The molecule has 11 heavy (non-hydrogen) atoms. The van der Waals surface area contributed by atoms with Crippen molar-refractivity contribution in [3.63, 3.8) is 0 Å². The molecule has 0 saturated carbocycles. The first-order valence-electron chi connectivity index (χ1n) is 3.33. The third-order valence-corrected chi connectivity index (χ3v) is 3.57. The molecule has 1 heterocycles. The molecule has 0 aromatic heterocycles. The predicted octanol–water partition coefficient (Wildman–Crippen LogP) is 1.06. The minimum atomic E-state index is -4.46. The summed E-state index contributed by atoms with van der Waals surface area (Å²) in [6.45, 7) is 0.315. The second-order valence-corrected chi connectivity index (χ2v) is 4.44. The average molecular weight is 246 g/mol. The molecule has 1 fully saturated rings. The molecule has 1 saturated heterocycles. The number of hydrogen-bond acceptors (Lipinski definition) is 2. The predicted molar refractivity (Wildman–Crippen MR) is 43.5 cm³/mol. The van der Waals surface area contributed by atoms with Crippen LogP contribution in [0.2, 0.25) is 0 Å². The number of hydrogen-bond donors (Lipinski definition) is 0. The lowest BCUT2D eigenvalue weighted by Gasteiger charge is -2.16. The van der Waals surface area contributed by atoms with E-state index in [-0.39, 0.29) is 6.04 Å². The molecule has 3 nitrogen and oxygen atoms in total. The molecular formula is C5H9BrFNO2S. The third-order valence-electron chi connectivity index (χ3n) is 1.78. The second-order valence-electron chi connectivity index (χ2n) is 2.50. The van der Waals surface area contributed by atoms with Crippen molar-refractivity contribution in [3.05, 3.63) is 0 Å². The quantitative estimate of drug-likeness (QED) is 0.539. The number of rotatable bonds is 2. The largest absolute Gasteiger partial charge is 0.375 e. The molecule has 0 aliphatic carbocycles. The summed E-state index contributed by atoms with van der Waals surface area (Å²) < 4.78 is 34.2. The molecule has 1 rings (SSSR count). The van der Waals surface area contributed by atoms with Crippen molar-refractivity contribution < 1.29 is 12.3 Å². The number of nitrogens with zero attached hydrogens (tertiary/aromatic N) is 1. The zero-order valence-electron chi connectivity index (χ0n) is 5.83. The van der Waals surface area contributed by atoms with Crippen LogP contribution in [-0.4, -0.2) is 30.6 Å². The van der Waals surface area contributed by atoms with Crippen molar-refractivity contribution in [1.29, 1.82) is 0 Å². The lowest BCUT2D eigenvalue weighted by molar-refractivity contribution is 0.386. The standard InChI is InChI=1S/C5H9BrFNO2S/c6-4-5-2-1-3-8(5)11(7,9)10/h5H,1-4H2/t5-/m0/s1. The minimum Gasteiger partial charge on any atom is -0.177 e. The molecule has 0 aromatic rings. The fourth-order valence-electron chi connectivity index (χ4n) is 1.25. The van der Waals surface area contributed by atoms with Crippen LogP contribution in [0.25, 0.3) is 0 Å². The molecule has 1 aliphatic rings. The molecule has 0 amide bonds. The molecule has 66 valence electrons. The average Bonchev–Trinajstić information content (AvgIpc) is 2.31. The fraction of sp³-hybridized carbons (Fsp3) is 1.00. The number of alkyl halides is 1. The third kappa shape index (κ3) is 2.13. The van der Waals surface area contributed by atoms with Crippen molar-refractivity contribution in [3.8, 4) is 0 Å². The van der Waals surface area contributed by atoms with Gasteiger partial charge in [-0.3, -0.25) is 0 Å². The van der Waals surface area contributed by atoms with Crippen molar-refractivity contribution in [2.45, 2.75) is 18.9 Å². The summed E-state index contributed by atoms with van der Waals surface area (Å²) in [5.74, 6) is 0. The Bertz CT molecular complexity index is 231. The van der Waals surface area contributed by atoms with Crippen molar-refractivity contribution in [2.75, 3.05) is 11.9 Å². The van der Waals surface area contributed by atoms with Gasteiger partial charge in [-0.05, 0) is 12.8 Å². The molecule has 6 heteroatoms. The van der Waals surface area contributed by atoms with Gasteiger partial charge in [-0.15, -0.1) is 0 Å². The van der Waals surface area contributed by atoms with Gasteiger partial charge in [0.15, 0.2) is 0 Å². The maximum absolute atomic E-state index is 12.4. The van der Waals surface area contributed by atoms with Crippen LogP contribution in [0.4, 0.5) is 3.89 Å². The highest BCUT2D eigenvalue weighted by Crippen LogP contribution is 2.22. The first-order valence-corrected chi connectivity index (χ1v) is 5.79. The van der Waals surface area contributed by atoms with Gasteiger partial charge in [0.05, 0.1) is 0 Å². The van der Waals surface area contributed by atoms with Crippen LogP contribution in [0.5, 0.6) is 0 Å². The van der Waals surface area contributed by atoms with E-state index in [1.165, 1.54) is 0 Å². The van der Waals surface area contributed by atoms with Gasteiger partial charge in [-0.25, -0.2) is 0 Å². The maximum Gasteiger partial charge on any atom is 0.375 e. The van der Waals surface area contributed by atoms with Gasteiger partial charge < -0.3 is 0 Å². The zero-order valence-corrected chi connectivity index (χ0v) is 8.24. The number of halogens is 2. The molecule has 1 aliphatic heterocycles. The van der Waals surface area contributed by atoms with Crippen LogP contribution in [0.15, 0.2) is 0 Å². The Morgan fingerprint density at radius 1 is 1.64 bits per heavy atom. The van der Waals surface area contributed by atoms with Gasteiger partial charge in [0.1, 0.15) is 0 Å². The fourth-order valence-corrected chi connectivity index (χ4v) is 3.00. The Balaban J connectivity index is 2.72. The van der Waals surface area contributed by atoms with E-state index in [1.54, 1.807) is 0 Å². The summed E-state index contributed by atoms with van der Waals surface area (Å²) in [5.41, 5.74) is 0. The maximum atomic E-state index is 12.4. The van der Waals surface area contributed by atoms with Gasteiger partial charge in [0.25, 0.3) is 0 Å². The van der Waals surface area contributed by atoms with Crippen LogP contribution < -0.4 is 0 Å². The monoisotopic (exact) mass is 245 g/mol. The topological polar surface area (TPSA) is 37.4 Å². The van der Waals surface area contributed by atoms with E-state index in [9.17, 15) is 12.3 Å². The van der Waals surface area contributed by atoms with Crippen molar-refractivity contribution in [1.82, 2.24) is 4.31 Å². The van der Waals surface area contributed by atoms with E-state index >= 15 is 0 Å². The molecule has 0 radical (unpaired) electrons. The summed E-state index contributed by atoms with van der Waals surface area (Å²) in [5, 5.41) is 0.510. The Morgan fingerprint density at radius 3 is 2.64 bits per heavy atom. The highest BCUT2D eigenvalue weighted by Gasteiger charge is 2.33. The molecule has 0 N–H and O–H groups in total. The Morgan fingerprint density at radius 2 is 2.27 bits per heavy atom. The van der Waals surface area contributed by atoms with Crippen LogP contribution in [0.3, 0.4) is 0 Å². The van der Waals surface area contributed by atoms with Gasteiger partial charge in [-0.1, -0.05) is 19.8 Å². The summed E-state index contributed by atoms with van der Waals surface area (Å²) in [6.07, 6.45) is 1.49. The van der Waals surface area contributed by atoms with E-state index in [4.69, 9.17) is 0 Å². The van der Waals surface area contributed by atoms with E-state index in [0.717, 1.165) is 17.1 Å². The highest BCUT2D eigenvalue weighted by molar-refractivity contribution is 9.09. The summed E-state index contributed by atoms with van der Waals surface area (Å²) in [4.78, 5) is 0. The Kier molecular flexibility index (Phi) is 2.88. The van der Waals surface area contributed by atoms with Gasteiger partial charge >= 0.3 is 10.4 Å². The second kappa shape index (κ2) is 3.37. The minimum absolute atomic E-state index is 0.190. The Hall–Kier alpha value is 0.320. The van der Waals surface area contributed by atoms with Crippen molar-refractivity contribution >= 4 is 26.3 Å². The molecule has 0 unspecified atom stereocenters. The summed E-state index contributed by atoms with van der Waals surface area (Å²) in [7, 11) is -4.46. The lowest BCUT2D eigenvalue weighted by Crippen LogP contribution is -2.33. The van der Waals surface area contributed by atoms with Gasteiger partial charge in [0, 0.05) is 17.9 Å². The summed E-state index contributed by atoms with van der Waals surface area (Å²) in [6, 6.07) is -0.190. The first-order chi connectivity index (χ1) is 5.05. The first kappa shape index (κ1) is 9.41. The van der Waals surface area contributed by atoms with Gasteiger partial charge in [-0.2, -0.15) is 12.7 Å².